The van der Waals surface area contributed by atoms with Gasteiger partial charge in [-0.25, -0.2) is 4.39 Å². The number of esters is 1. The van der Waals surface area contributed by atoms with Gasteiger partial charge in [-0.15, -0.1) is 0 Å². The zero-order chi connectivity index (χ0) is 12.1. The van der Waals surface area contributed by atoms with Crippen molar-refractivity contribution in [3.8, 4) is 5.75 Å². The number of rotatable bonds is 4. The minimum absolute atomic E-state index is 0.119. The van der Waals surface area contributed by atoms with Crippen molar-refractivity contribution in [3.63, 3.8) is 0 Å². The van der Waals surface area contributed by atoms with Crippen LogP contribution in [0.5, 0.6) is 5.75 Å². The fraction of sp³-hybridized carbons (Fsp3) is 0.364. The molecule has 0 aliphatic rings. The fourth-order valence-corrected chi connectivity index (χ4v) is 1.57. The molecule has 88 valence electrons. The van der Waals surface area contributed by atoms with Gasteiger partial charge in [-0.3, -0.25) is 4.79 Å². The Bertz CT molecular complexity index is 393. The molecule has 0 aliphatic carbocycles. The molecule has 3 nitrogen and oxygen atoms in total. The third-order valence-electron chi connectivity index (χ3n) is 1.99. The van der Waals surface area contributed by atoms with Crippen molar-refractivity contribution >= 4 is 17.6 Å². The molecular formula is C11H12ClFO3. The summed E-state index contributed by atoms with van der Waals surface area (Å²) in [4.78, 5) is 11.3. The molecule has 0 amide bonds. The Labute approximate surface area is 98.1 Å². The predicted molar refractivity (Wildman–Crippen MR) is 58.3 cm³/mol. The van der Waals surface area contributed by atoms with Crippen LogP contribution in [-0.2, 0) is 16.0 Å². The Morgan fingerprint density at radius 3 is 2.75 bits per heavy atom. The molecule has 0 bridgehead atoms. The normalized spacial score (nSPS) is 10.0. The van der Waals surface area contributed by atoms with Crippen LogP contribution in [0.4, 0.5) is 4.39 Å². The molecule has 1 rings (SSSR count). The van der Waals surface area contributed by atoms with E-state index in [0.717, 1.165) is 0 Å². The van der Waals surface area contributed by atoms with E-state index < -0.39 is 11.8 Å². The zero-order valence-corrected chi connectivity index (χ0v) is 9.81. The first-order chi connectivity index (χ1) is 7.60. The highest BCUT2D eigenvalue weighted by atomic mass is 35.5. The smallest absolute Gasteiger partial charge is 0.310 e. The summed E-state index contributed by atoms with van der Waals surface area (Å²) in [5.41, 5.74) is 0.119. The van der Waals surface area contributed by atoms with Crippen molar-refractivity contribution in [3.05, 3.63) is 28.5 Å². The highest BCUT2D eigenvalue weighted by molar-refractivity contribution is 6.32. The molecule has 0 saturated carbocycles. The monoisotopic (exact) mass is 246 g/mol. The van der Waals surface area contributed by atoms with E-state index >= 15 is 0 Å². The Morgan fingerprint density at radius 2 is 2.19 bits per heavy atom. The summed E-state index contributed by atoms with van der Waals surface area (Å²) >= 11 is 5.82. The standard InChI is InChI=1S/C11H12ClFO3/c1-3-16-10(14)6-7-9(13)5-4-8(12)11(7)15-2/h4-5H,3,6H2,1-2H3. The number of halogens is 2. The molecule has 0 N–H and O–H groups in total. The summed E-state index contributed by atoms with van der Waals surface area (Å²) in [6.45, 7) is 1.94. The van der Waals surface area contributed by atoms with Gasteiger partial charge in [-0.2, -0.15) is 0 Å². The molecule has 0 saturated heterocycles. The largest absolute Gasteiger partial charge is 0.495 e. The topological polar surface area (TPSA) is 35.5 Å². The van der Waals surface area contributed by atoms with Gasteiger partial charge < -0.3 is 9.47 Å². The molecule has 5 heteroatoms. The second kappa shape index (κ2) is 5.70. The molecule has 1 aromatic carbocycles. The fourth-order valence-electron chi connectivity index (χ4n) is 1.32. The van der Waals surface area contributed by atoms with Crippen LogP contribution in [0.15, 0.2) is 12.1 Å². The van der Waals surface area contributed by atoms with E-state index in [2.05, 4.69) is 0 Å². The van der Waals surface area contributed by atoms with E-state index in [0.29, 0.717) is 0 Å². The maximum absolute atomic E-state index is 13.5. The highest BCUT2D eigenvalue weighted by Gasteiger charge is 2.17. The van der Waals surface area contributed by atoms with Crippen LogP contribution in [0, 0.1) is 5.82 Å². The molecule has 0 aromatic heterocycles. The Morgan fingerprint density at radius 1 is 1.50 bits per heavy atom. The second-order valence-electron chi connectivity index (χ2n) is 3.02. The first-order valence-corrected chi connectivity index (χ1v) is 5.14. The molecule has 0 atom stereocenters. The Kier molecular flexibility index (Phi) is 4.55. The molecule has 16 heavy (non-hydrogen) atoms. The average Bonchev–Trinajstić information content (AvgIpc) is 2.24. The third kappa shape index (κ3) is 2.85. The van der Waals surface area contributed by atoms with Gasteiger partial charge in [0.2, 0.25) is 0 Å². The number of carbonyl (C=O) groups excluding carboxylic acids is 1. The highest BCUT2D eigenvalue weighted by Crippen LogP contribution is 2.30. The van der Waals surface area contributed by atoms with Gasteiger partial charge >= 0.3 is 5.97 Å². The molecule has 0 aliphatic heterocycles. The molecule has 0 spiro atoms. The quantitative estimate of drug-likeness (QED) is 0.766. The first kappa shape index (κ1) is 12.8. The van der Waals surface area contributed by atoms with Gasteiger partial charge in [-0.05, 0) is 19.1 Å². The van der Waals surface area contributed by atoms with E-state index in [1.54, 1.807) is 6.92 Å². The van der Waals surface area contributed by atoms with Gasteiger partial charge in [-0.1, -0.05) is 11.6 Å². The lowest BCUT2D eigenvalue weighted by Gasteiger charge is -2.10. The molecule has 0 fully saturated rings. The number of hydrogen-bond donors (Lipinski definition) is 0. The van der Waals surface area contributed by atoms with Gasteiger partial charge in [0.25, 0.3) is 0 Å². The van der Waals surface area contributed by atoms with Crippen molar-refractivity contribution in [2.24, 2.45) is 0 Å². The van der Waals surface area contributed by atoms with Gasteiger partial charge in [0.1, 0.15) is 11.6 Å². The van der Waals surface area contributed by atoms with Crippen LogP contribution >= 0.6 is 11.6 Å². The SMILES string of the molecule is CCOC(=O)Cc1c(F)ccc(Cl)c1OC. The summed E-state index contributed by atoms with van der Waals surface area (Å²) in [6, 6.07) is 2.57. The number of ether oxygens (including phenoxy) is 2. The average molecular weight is 247 g/mol. The maximum atomic E-state index is 13.5. The zero-order valence-electron chi connectivity index (χ0n) is 9.05. The van der Waals surface area contributed by atoms with Gasteiger partial charge in [0.05, 0.1) is 25.2 Å². The summed E-state index contributed by atoms with van der Waals surface area (Å²) in [5, 5.41) is 0.267. The van der Waals surface area contributed by atoms with Crippen LogP contribution < -0.4 is 4.74 Å². The van der Waals surface area contributed by atoms with Crippen molar-refractivity contribution in [1.29, 1.82) is 0 Å². The summed E-state index contributed by atoms with van der Waals surface area (Å²) in [5.74, 6) is -0.869. The lowest BCUT2D eigenvalue weighted by molar-refractivity contribution is -0.142. The molecular weight excluding hydrogens is 235 g/mol. The van der Waals surface area contributed by atoms with Crippen molar-refractivity contribution < 1.29 is 18.7 Å². The number of methoxy groups -OCH3 is 1. The van der Waals surface area contributed by atoms with Crippen molar-refractivity contribution in [2.45, 2.75) is 13.3 Å². The maximum Gasteiger partial charge on any atom is 0.310 e. The first-order valence-electron chi connectivity index (χ1n) is 4.76. The van der Waals surface area contributed by atoms with Crippen LogP contribution in [0.2, 0.25) is 5.02 Å². The van der Waals surface area contributed by atoms with Gasteiger partial charge in [0.15, 0.2) is 0 Å². The van der Waals surface area contributed by atoms with E-state index in [9.17, 15) is 9.18 Å². The molecule has 0 heterocycles. The van der Waals surface area contributed by atoms with E-state index in [1.165, 1.54) is 19.2 Å². The molecule has 0 radical (unpaired) electrons. The lowest BCUT2D eigenvalue weighted by atomic mass is 10.1. The molecule has 1 aromatic rings. The summed E-state index contributed by atoms with van der Waals surface area (Å²) in [6.07, 6.45) is -0.191. The van der Waals surface area contributed by atoms with Crippen LogP contribution in [-0.4, -0.2) is 19.7 Å². The summed E-state index contributed by atoms with van der Waals surface area (Å²) < 4.78 is 23.2. The van der Waals surface area contributed by atoms with Crippen molar-refractivity contribution in [1.82, 2.24) is 0 Å². The van der Waals surface area contributed by atoms with Crippen LogP contribution in [0.25, 0.3) is 0 Å². The third-order valence-corrected chi connectivity index (χ3v) is 2.28. The minimum Gasteiger partial charge on any atom is -0.495 e. The van der Waals surface area contributed by atoms with E-state index in [1.807, 2.05) is 0 Å². The number of carbonyl (C=O) groups is 1. The van der Waals surface area contributed by atoms with Gasteiger partial charge in [0, 0.05) is 5.56 Å². The van der Waals surface area contributed by atoms with E-state index in [-0.39, 0.29) is 29.4 Å². The summed E-state index contributed by atoms with van der Waals surface area (Å²) in [7, 11) is 1.37. The second-order valence-corrected chi connectivity index (χ2v) is 3.43. The Balaban J connectivity index is 3.01. The van der Waals surface area contributed by atoms with Crippen LogP contribution in [0.1, 0.15) is 12.5 Å². The number of hydrogen-bond acceptors (Lipinski definition) is 3. The molecule has 0 unspecified atom stereocenters. The Hall–Kier alpha value is -1.29. The van der Waals surface area contributed by atoms with Crippen molar-refractivity contribution in [2.75, 3.05) is 13.7 Å². The number of benzene rings is 1. The van der Waals surface area contributed by atoms with E-state index in [4.69, 9.17) is 21.1 Å². The predicted octanol–water partition coefficient (Wildman–Crippen LogP) is 2.59. The minimum atomic E-state index is -0.533. The lowest BCUT2D eigenvalue weighted by Crippen LogP contribution is -2.10. The van der Waals surface area contributed by atoms with Crippen LogP contribution in [0.3, 0.4) is 0 Å².